The molecule has 2 rings (SSSR count). The minimum Gasteiger partial charge on any atom is -0.481 e. The molecule has 126 valence electrons. The van der Waals surface area contributed by atoms with Gasteiger partial charge in [0.15, 0.2) is 0 Å². The van der Waals surface area contributed by atoms with Gasteiger partial charge in [0, 0.05) is 6.42 Å². The fourth-order valence-electron chi connectivity index (χ4n) is 3.33. The number of carbonyl (C=O) groups excluding carboxylic acids is 1. The predicted molar refractivity (Wildman–Crippen MR) is 79.6 cm³/mol. The smallest absolute Gasteiger partial charge is 0.305 e. The topological polar surface area (TPSA) is 117 Å². The van der Waals surface area contributed by atoms with E-state index in [0.717, 1.165) is 12.8 Å². The SMILES string of the molecule is O=C(O)CC(NC(=O)CC1(CC(=O)O)CCCC1)c1ccco1. The van der Waals surface area contributed by atoms with Crippen molar-refractivity contribution in [1.82, 2.24) is 5.32 Å². The average Bonchev–Trinajstić information content (AvgIpc) is 3.08. The van der Waals surface area contributed by atoms with E-state index in [-0.39, 0.29) is 25.2 Å². The van der Waals surface area contributed by atoms with Crippen molar-refractivity contribution in [3.05, 3.63) is 24.2 Å². The van der Waals surface area contributed by atoms with E-state index in [1.54, 1.807) is 12.1 Å². The zero-order chi connectivity index (χ0) is 16.9. The molecule has 1 fully saturated rings. The average molecular weight is 323 g/mol. The maximum Gasteiger partial charge on any atom is 0.305 e. The lowest BCUT2D eigenvalue weighted by atomic mass is 9.79. The summed E-state index contributed by atoms with van der Waals surface area (Å²) in [4.78, 5) is 34.4. The van der Waals surface area contributed by atoms with Crippen LogP contribution in [0.5, 0.6) is 0 Å². The normalized spacial score (nSPS) is 17.6. The van der Waals surface area contributed by atoms with Crippen molar-refractivity contribution in [1.29, 1.82) is 0 Å². The monoisotopic (exact) mass is 323 g/mol. The van der Waals surface area contributed by atoms with Crippen LogP contribution in [0.1, 0.15) is 56.7 Å². The first kappa shape index (κ1) is 17.1. The third kappa shape index (κ3) is 4.84. The van der Waals surface area contributed by atoms with Crippen LogP contribution < -0.4 is 5.32 Å². The number of nitrogens with one attached hydrogen (secondary N) is 1. The molecule has 1 amide bonds. The quantitative estimate of drug-likeness (QED) is 0.676. The molecular formula is C16H21NO6. The van der Waals surface area contributed by atoms with E-state index in [9.17, 15) is 14.4 Å². The Morgan fingerprint density at radius 1 is 1.17 bits per heavy atom. The van der Waals surface area contributed by atoms with E-state index in [4.69, 9.17) is 14.6 Å². The van der Waals surface area contributed by atoms with Gasteiger partial charge in [0.2, 0.25) is 5.91 Å². The molecule has 7 heteroatoms. The van der Waals surface area contributed by atoms with E-state index < -0.39 is 23.4 Å². The van der Waals surface area contributed by atoms with Gasteiger partial charge < -0.3 is 19.9 Å². The number of hydrogen-bond donors (Lipinski definition) is 3. The number of carboxylic acids is 2. The van der Waals surface area contributed by atoms with Crippen molar-refractivity contribution in [2.45, 2.75) is 51.0 Å². The van der Waals surface area contributed by atoms with Gasteiger partial charge in [-0.2, -0.15) is 0 Å². The molecule has 1 aromatic heterocycles. The largest absolute Gasteiger partial charge is 0.481 e. The van der Waals surface area contributed by atoms with E-state index in [2.05, 4.69) is 5.32 Å². The lowest BCUT2D eigenvalue weighted by Crippen LogP contribution is -2.35. The van der Waals surface area contributed by atoms with Gasteiger partial charge in [0.25, 0.3) is 0 Å². The predicted octanol–water partition coefficient (Wildman–Crippen LogP) is 2.34. The summed E-state index contributed by atoms with van der Waals surface area (Å²) in [6.07, 6.45) is 4.42. The fraction of sp³-hybridized carbons (Fsp3) is 0.562. The molecule has 1 aliphatic rings. The van der Waals surface area contributed by atoms with Gasteiger partial charge >= 0.3 is 11.9 Å². The second kappa shape index (κ2) is 7.30. The molecule has 0 radical (unpaired) electrons. The Kier molecular flexibility index (Phi) is 5.41. The molecule has 1 atom stereocenters. The molecule has 1 aromatic rings. The number of carboxylic acid groups (broad SMARTS) is 2. The van der Waals surface area contributed by atoms with Crippen molar-refractivity contribution >= 4 is 17.8 Å². The number of rotatable bonds is 8. The summed E-state index contributed by atoms with van der Waals surface area (Å²) in [5.41, 5.74) is -0.521. The van der Waals surface area contributed by atoms with Crippen molar-refractivity contribution in [2.75, 3.05) is 0 Å². The molecule has 1 heterocycles. The molecule has 7 nitrogen and oxygen atoms in total. The molecule has 0 aliphatic heterocycles. The fourth-order valence-corrected chi connectivity index (χ4v) is 3.33. The number of carbonyl (C=O) groups is 3. The Hall–Kier alpha value is -2.31. The first-order valence-corrected chi connectivity index (χ1v) is 7.67. The maximum absolute atomic E-state index is 12.3. The Morgan fingerprint density at radius 2 is 1.87 bits per heavy atom. The Morgan fingerprint density at radius 3 is 2.39 bits per heavy atom. The second-order valence-electron chi connectivity index (χ2n) is 6.19. The van der Waals surface area contributed by atoms with Crippen LogP contribution in [0.3, 0.4) is 0 Å². The van der Waals surface area contributed by atoms with Crippen molar-refractivity contribution in [2.24, 2.45) is 5.41 Å². The summed E-state index contributed by atoms with van der Waals surface area (Å²) in [5, 5.41) is 20.7. The highest BCUT2D eigenvalue weighted by atomic mass is 16.4. The molecule has 1 saturated carbocycles. The minimum atomic E-state index is -1.05. The van der Waals surface area contributed by atoms with Crippen molar-refractivity contribution in [3.63, 3.8) is 0 Å². The zero-order valence-corrected chi connectivity index (χ0v) is 12.8. The van der Waals surface area contributed by atoms with E-state index >= 15 is 0 Å². The highest BCUT2D eigenvalue weighted by molar-refractivity contribution is 5.79. The van der Waals surface area contributed by atoms with Gasteiger partial charge in [-0.3, -0.25) is 14.4 Å². The van der Waals surface area contributed by atoms with Gasteiger partial charge in [0.1, 0.15) is 5.76 Å². The molecule has 1 aliphatic carbocycles. The molecule has 0 spiro atoms. The van der Waals surface area contributed by atoms with Gasteiger partial charge in [-0.1, -0.05) is 12.8 Å². The molecular weight excluding hydrogens is 302 g/mol. The summed E-state index contributed by atoms with van der Waals surface area (Å²) in [6.45, 7) is 0. The van der Waals surface area contributed by atoms with Gasteiger partial charge in [-0.15, -0.1) is 0 Å². The summed E-state index contributed by atoms with van der Waals surface area (Å²) in [6, 6.07) is 2.48. The van der Waals surface area contributed by atoms with Gasteiger partial charge in [-0.25, -0.2) is 0 Å². The summed E-state index contributed by atoms with van der Waals surface area (Å²) in [7, 11) is 0. The Labute approximate surface area is 133 Å². The van der Waals surface area contributed by atoms with Crippen LogP contribution in [0.2, 0.25) is 0 Å². The minimum absolute atomic E-state index is 0.0369. The van der Waals surface area contributed by atoms with Crippen LogP contribution in [-0.2, 0) is 14.4 Å². The van der Waals surface area contributed by atoms with Crippen LogP contribution in [0.4, 0.5) is 0 Å². The van der Waals surface area contributed by atoms with Crippen LogP contribution >= 0.6 is 0 Å². The molecule has 0 aromatic carbocycles. The number of amides is 1. The van der Waals surface area contributed by atoms with E-state index in [0.29, 0.717) is 18.6 Å². The zero-order valence-electron chi connectivity index (χ0n) is 12.8. The Bertz CT molecular complexity index is 559. The lowest BCUT2D eigenvalue weighted by Gasteiger charge is -2.27. The Balaban J connectivity index is 2.03. The van der Waals surface area contributed by atoms with Crippen LogP contribution in [0.25, 0.3) is 0 Å². The standard InChI is InChI=1S/C16H21NO6/c18-13(9-16(10-15(21)22)5-1-2-6-16)17-11(8-14(19)20)12-4-3-7-23-12/h3-4,7,11H,1-2,5-6,8-10H2,(H,17,18)(H,19,20)(H,21,22). The third-order valence-corrected chi connectivity index (χ3v) is 4.33. The van der Waals surface area contributed by atoms with Crippen molar-refractivity contribution in [3.8, 4) is 0 Å². The summed E-state index contributed by atoms with van der Waals surface area (Å²) >= 11 is 0. The van der Waals surface area contributed by atoms with Crippen LogP contribution in [-0.4, -0.2) is 28.1 Å². The van der Waals surface area contributed by atoms with Crippen LogP contribution in [0.15, 0.2) is 22.8 Å². The lowest BCUT2D eigenvalue weighted by molar-refractivity contribution is -0.140. The molecule has 23 heavy (non-hydrogen) atoms. The summed E-state index contributed by atoms with van der Waals surface area (Å²) < 4.78 is 5.18. The van der Waals surface area contributed by atoms with Crippen LogP contribution in [0, 0.1) is 5.41 Å². The molecule has 3 N–H and O–H groups in total. The van der Waals surface area contributed by atoms with E-state index in [1.165, 1.54) is 6.26 Å². The second-order valence-corrected chi connectivity index (χ2v) is 6.19. The number of hydrogen-bond acceptors (Lipinski definition) is 4. The molecule has 0 saturated heterocycles. The molecule has 0 bridgehead atoms. The maximum atomic E-state index is 12.3. The number of aliphatic carboxylic acids is 2. The van der Waals surface area contributed by atoms with Crippen molar-refractivity contribution < 1.29 is 29.0 Å². The number of furan rings is 1. The van der Waals surface area contributed by atoms with E-state index in [1.807, 2.05) is 0 Å². The highest BCUT2D eigenvalue weighted by Gasteiger charge is 2.38. The first-order valence-electron chi connectivity index (χ1n) is 7.67. The molecule has 1 unspecified atom stereocenters. The first-order chi connectivity index (χ1) is 10.9. The summed E-state index contributed by atoms with van der Waals surface area (Å²) in [5.74, 6) is -1.92. The highest BCUT2D eigenvalue weighted by Crippen LogP contribution is 2.44. The third-order valence-electron chi connectivity index (χ3n) is 4.33. The van der Waals surface area contributed by atoms with Gasteiger partial charge in [-0.05, 0) is 30.4 Å². The van der Waals surface area contributed by atoms with Gasteiger partial charge in [0.05, 0.1) is 25.1 Å².